The van der Waals surface area contributed by atoms with Crippen LogP contribution in [0, 0.1) is 10.1 Å². The first-order valence-corrected chi connectivity index (χ1v) is 6.42. The zero-order chi connectivity index (χ0) is 15.4. The van der Waals surface area contributed by atoms with Crippen LogP contribution in [0.4, 0.5) is 11.4 Å². The molecule has 108 valence electrons. The molecule has 9 heteroatoms. The number of nitro groups is 1. The van der Waals surface area contributed by atoms with Gasteiger partial charge in [0.1, 0.15) is 12.0 Å². The molecule has 7 nitrogen and oxygen atoms in total. The van der Waals surface area contributed by atoms with Crippen molar-refractivity contribution in [1.29, 1.82) is 0 Å². The number of anilines is 1. The maximum Gasteiger partial charge on any atom is 0.273 e. The highest BCUT2D eigenvalue weighted by atomic mass is 35.5. The predicted octanol–water partition coefficient (Wildman–Crippen LogP) is 2.87. The Morgan fingerprint density at radius 2 is 1.86 bits per heavy atom. The number of rotatable bonds is 4. The Kier molecular flexibility index (Phi) is 4.66. The van der Waals surface area contributed by atoms with Crippen molar-refractivity contribution in [2.24, 2.45) is 0 Å². The van der Waals surface area contributed by atoms with Gasteiger partial charge < -0.3 is 5.32 Å². The lowest BCUT2D eigenvalue weighted by Gasteiger charge is -2.07. The van der Waals surface area contributed by atoms with E-state index in [2.05, 4.69) is 15.3 Å². The van der Waals surface area contributed by atoms with Crippen LogP contribution in [0.25, 0.3) is 0 Å². The molecule has 0 saturated carbocycles. The van der Waals surface area contributed by atoms with Crippen molar-refractivity contribution in [1.82, 2.24) is 9.97 Å². The first-order valence-electron chi connectivity index (χ1n) is 5.67. The lowest BCUT2D eigenvalue weighted by atomic mass is 10.1. The van der Waals surface area contributed by atoms with Gasteiger partial charge in [0.15, 0.2) is 10.3 Å². The van der Waals surface area contributed by atoms with E-state index >= 15 is 0 Å². The normalized spacial score (nSPS) is 10.2. The average molecular weight is 327 g/mol. The second-order valence-electron chi connectivity index (χ2n) is 3.94. The van der Waals surface area contributed by atoms with Gasteiger partial charge in [-0.05, 0) is 0 Å². The van der Waals surface area contributed by atoms with Gasteiger partial charge in [0.25, 0.3) is 5.69 Å². The summed E-state index contributed by atoms with van der Waals surface area (Å²) in [6.45, 7) is 0. The monoisotopic (exact) mass is 326 g/mol. The largest absolute Gasteiger partial charge is 0.321 e. The molecule has 1 N–H and O–H groups in total. The minimum atomic E-state index is -0.547. The van der Waals surface area contributed by atoms with E-state index < -0.39 is 10.8 Å². The summed E-state index contributed by atoms with van der Waals surface area (Å²) in [6.07, 6.45) is 0.959. The van der Waals surface area contributed by atoms with Crippen LogP contribution in [0.3, 0.4) is 0 Å². The minimum Gasteiger partial charge on any atom is -0.321 e. The van der Waals surface area contributed by atoms with Gasteiger partial charge in [-0.25, -0.2) is 9.97 Å². The van der Waals surface area contributed by atoms with Gasteiger partial charge in [0.05, 0.1) is 11.3 Å². The first-order chi connectivity index (χ1) is 9.99. The maximum atomic E-state index is 12.0. The number of nitro benzene ring substituents is 1. The third-order valence-corrected chi connectivity index (χ3v) is 3.13. The molecule has 1 aromatic carbocycles. The maximum absolute atomic E-state index is 12.0. The van der Waals surface area contributed by atoms with E-state index in [4.69, 9.17) is 23.2 Å². The Morgan fingerprint density at radius 1 is 1.24 bits per heavy atom. The van der Waals surface area contributed by atoms with E-state index in [1.54, 1.807) is 6.07 Å². The van der Waals surface area contributed by atoms with Crippen LogP contribution in [-0.2, 0) is 11.2 Å². The summed E-state index contributed by atoms with van der Waals surface area (Å²) >= 11 is 11.6. The molecule has 0 spiro atoms. The van der Waals surface area contributed by atoms with Gasteiger partial charge in [-0.15, -0.1) is 0 Å². The molecular formula is C12H8Cl2N4O3. The van der Waals surface area contributed by atoms with Crippen LogP contribution in [0.15, 0.2) is 30.6 Å². The zero-order valence-electron chi connectivity index (χ0n) is 10.4. The Balaban J connectivity index is 2.18. The lowest BCUT2D eigenvalue weighted by Crippen LogP contribution is -2.16. The molecule has 0 atom stereocenters. The zero-order valence-corrected chi connectivity index (χ0v) is 11.9. The van der Waals surface area contributed by atoms with Crippen molar-refractivity contribution < 1.29 is 9.72 Å². The van der Waals surface area contributed by atoms with Gasteiger partial charge in [-0.2, -0.15) is 0 Å². The number of para-hydroxylation sites is 1. The van der Waals surface area contributed by atoms with E-state index in [1.807, 2.05) is 0 Å². The molecule has 1 heterocycles. The van der Waals surface area contributed by atoms with E-state index in [1.165, 1.54) is 18.2 Å². The highest BCUT2D eigenvalue weighted by Gasteiger charge is 2.17. The molecule has 21 heavy (non-hydrogen) atoms. The fraction of sp³-hybridized carbons (Fsp3) is 0.0833. The summed E-state index contributed by atoms with van der Waals surface area (Å²) < 4.78 is 0. The quantitative estimate of drug-likeness (QED) is 0.529. The standard InChI is InChI=1S/C12H8Cl2N4O3/c13-11-10(12(14)16-6-15-11)17-9(19)5-7-3-1-2-4-8(7)18(20)21/h1-4,6H,5H2,(H,17,19). The summed E-state index contributed by atoms with van der Waals surface area (Å²) in [5, 5.41) is 13.3. The summed E-state index contributed by atoms with van der Waals surface area (Å²) in [5.41, 5.74) is 0.225. The number of benzene rings is 1. The van der Waals surface area contributed by atoms with Crippen LogP contribution in [0.5, 0.6) is 0 Å². The summed E-state index contributed by atoms with van der Waals surface area (Å²) in [5.74, 6) is -0.511. The van der Waals surface area contributed by atoms with Gasteiger partial charge in [-0.1, -0.05) is 41.4 Å². The van der Waals surface area contributed by atoms with Crippen LogP contribution >= 0.6 is 23.2 Å². The Labute approximate surface area is 129 Å². The van der Waals surface area contributed by atoms with Gasteiger partial charge in [-0.3, -0.25) is 14.9 Å². The molecule has 0 radical (unpaired) electrons. The SMILES string of the molecule is O=C(Cc1ccccc1[N+](=O)[O-])Nc1c(Cl)ncnc1Cl. The number of hydrogen-bond donors (Lipinski definition) is 1. The fourth-order valence-electron chi connectivity index (χ4n) is 1.64. The molecule has 0 saturated heterocycles. The molecule has 0 aliphatic rings. The van der Waals surface area contributed by atoms with Crippen molar-refractivity contribution in [3.63, 3.8) is 0 Å². The molecule has 0 bridgehead atoms. The van der Waals surface area contributed by atoms with E-state index in [9.17, 15) is 14.9 Å². The van der Waals surface area contributed by atoms with Gasteiger partial charge in [0.2, 0.25) is 5.91 Å². The van der Waals surface area contributed by atoms with Gasteiger partial charge >= 0.3 is 0 Å². The highest BCUT2D eigenvalue weighted by molar-refractivity contribution is 6.38. The molecule has 0 unspecified atom stereocenters. The fourth-order valence-corrected chi connectivity index (χ4v) is 2.05. The molecular weight excluding hydrogens is 319 g/mol. The average Bonchev–Trinajstić information content (AvgIpc) is 2.43. The number of carbonyl (C=O) groups is 1. The Hall–Kier alpha value is -2.25. The van der Waals surface area contributed by atoms with Gasteiger partial charge in [0, 0.05) is 11.6 Å². The molecule has 2 aromatic rings. The van der Waals surface area contributed by atoms with E-state index in [0.717, 1.165) is 6.33 Å². The molecule has 1 amide bonds. The third-order valence-electron chi connectivity index (χ3n) is 2.56. The first kappa shape index (κ1) is 15.1. The predicted molar refractivity (Wildman–Crippen MR) is 77.5 cm³/mol. The Morgan fingerprint density at radius 3 is 2.48 bits per heavy atom. The minimum absolute atomic E-state index is 0.00842. The molecule has 0 fully saturated rings. The van der Waals surface area contributed by atoms with Crippen molar-refractivity contribution in [3.05, 3.63) is 56.6 Å². The van der Waals surface area contributed by atoms with Crippen LogP contribution in [0.1, 0.15) is 5.56 Å². The molecule has 0 aliphatic carbocycles. The van der Waals surface area contributed by atoms with Crippen molar-refractivity contribution in [2.75, 3.05) is 5.32 Å². The van der Waals surface area contributed by atoms with E-state index in [-0.39, 0.29) is 33.7 Å². The van der Waals surface area contributed by atoms with Crippen LogP contribution < -0.4 is 5.32 Å². The van der Waals surface area contributed by atoms with Crippen LogP contribution in [-0.4, -0.2) is 20.8 Å². The van der Waals surface area contributed by atoms with Crippen molar-refractivity contribution in [2.45, 2.75) is 6.42 Å². The number of carbonyl (C=O) groups excluding carboxylic acids is 1. The van der Waals surface area contributed by atoms with Crippen molar-refractivity contribution in [3.8, 4) is 0 Å². The summed E-state index contributed by atoms with van der Waals surface area (Å²) in [4.78, 5) is 29.7. The molecule has 2 rings (SSSR count). The number of nitrogens with one attached hydrogen (secondary N) is 1. The van der Waals surface area contributed by atoms with E-state index in [0.29, 0.717) is 0 Å². The van der Waals surface area contributed by atoms with Crippen molar-refractivity contribution >= 4 is 40.5 Å². The topological polar surface area (TPSA) is 98.0 Å². The smallest absolute Gasteiger partial charge is 0.273 e. The molecule has 1 aromatic heterocycles. The number of nitrogens with zero attached hydrogens (tertiary/aromatic N) is 3. The van der Waals surface area contributed by atoms with Crippen LogP contribution in [0.2, 0.25) is 10.3 Å². The number of hydrogen-bond acceptors (Lipinski definition) is 5. The molecule has 0 aliphatic heterocycles. The third kappa shape index (κ3) is 3.65. The number of aromatic nitrogens is 2. The second kappa shape index (κ2) is 6.47. The number of amides is 1. The number of halogens is 2. The lowest BCUT2D eigenvalue weighted by molar-refractivity contribution is -0.385. The second-order valence-corrected chi connectivity index (χ2v) is 4.66. The summed E-state index contributed by atoms with van der Waals surface area (Å²) in [7, 11) is 0. The highest BCUT2D eigenvalue weighted by Crippen LogP contribution is 2.26. The summed E-state index contributed by atoms with van der Waals surface area (Å²) in [6, 6.07) is 5.97. The Bertz CT molecular complexity index is 688.